The number of rotatable bonds is 3. The van der Waals surface area contributed by atoms with Crippen LogP contribution >= 0.6 is 0 Å². The minimum absolute atomic E-state index is 0.0266. The topological polar surface area (TPSA) is 68.9 Å². The van der Waals surface area contributed by atoms with Crippen LogP contribution in [0.25, 0.3) is 11.3 Å². The number of nitrogens with two attached hydrogens (primary N) is 1. The normalized spacial score (nSPS) is 15.7. The number of halogens is 1. The third kappa shape index (κ3) is 2.84. The highest BCUT2D eigenvalue weighted by Gasteiger charge is 2.19. The highest BCUT2D eigenvalue weighted by atomic mass is 19.1. The Labute approximate surface area is 128 Å². The molecular weight excluding hydrogens is 281 g/mol. The maximum Gasteiger partial charge on any atom is 0.152 e. The van der Waals surface area contributed by atoms with E-state index in [9.17, 15) is 9.18 Å². The van der Waals surface area contributed by atoms with Crippen molar-refractivity contribution in [1.82, 2.24) is 9.97 Å². The molecule has 2 aromatic rings. The Balaban J connectivity index is 1.98. The molecule has 1 aliphatic carbocycles. The minimum Gasteiger partial charge on any atom is -0.382 e. The molecule has 0 bridgehead atoms. The maximum atomic E-state index is 13.8. The second-order valence-corrected chi connectivity index (χ2v) is 5.72. The smallest absolute Gasteiger partial charge is 0.152 e. The van der Waals surface area contributed by atoms with Gasteiger partial charge in [0, 0.05) is 11.5 Å². The second kappa shape index (κ2) is 6.22. The highest BCUT2D eigenvalue weighted by molar-refractivity contribution is 5.78. The van der Waals surface area contributed by atoms with Gasteiger partial charge in [-0.1, -0.05) is 25.3 Å². The van der Waals surface area contributed by atoms with E-state index in [1.807, 2.05) is 0 Å². The Morgan fingerprint density at radius 1 is 1.23 bits per heavy atom. The number of benzene rings is 1. The summed E-state index contributed by atoms with van der Waals surface area (Å²) < 4.78 is 13.8. The van der Waals surface area contributed by atoms with Crippen molar-refractivity contribution in [3.8, 4) is 11.3 Å². The van der Waals surface area contributed by atoms with Crippen LogP contribution in [0.1, 0.15) is 54.1 Å². The predicted octanol–water partition coefficient (Wildman–Crippen LogP) is 3.73. The largest absolute Gasteiger partial charge is 0.382 e. The van der Waals surface area contributed by atoms with Crippen LogP contribution in [0.4, 0.5) is 10.2 Å². The van der Waals surface area contributed by atoms with Crippen molar-refractivity contribution in [3.05, 3.63) is 41.5 Å². The summed E-state index contributed by atoms with van der Waals surface area (Å²) in [4.78, 5) is 19.6. The number of hydrogen-bond donors (Lipinski definition) is 1. The van der Waals surface area contributed by atoms with Gasteiger partial charge in [-0.25, -0.2) is 14.4 Å². The fraction of sp³-hybridized carbons (Fsp3) is 0.353. The SMILES string of the molecule is Nc1ncc(C2CCCCC2)nc1-c1ccc(C=O)c(F)c1. The molecule has 4 nitrogen and oxygen atoms in total. The van der Waals surface area contributed by atoms with Crippen molar-refractivity contribution in [2.45, 2.75) is 38.0 Å². The summed E-state index contributed by atoms with van der Waals surface area (Å²) in [6.45, 7) is 0. The van der Waals surface area contributed by atoms with Gasteiger partial charge in [0.15, 0.2) is 6.29 Å². The van der Waals surface area contributed by atoms with Crippen LogP contribution in [-0.2, 0) is 0 Å². The number of aldehydes is 1. The molecular formula is C17H18FN3O. The van der Waals surface area contributed by atoms with E-state index in [0.717, 1.165) is 18.5 Å². The van der Waals surface area contributed by atoms with Gasteiger partial charge in [0.1, 0.15) is 17.3 Å². The molecule has 0 radical (unpaired) electrons. The van der Waals surface area contributed by atoms with Gasteiger partial charge in [-0.05, 0) is 25.0 Å². The van der Waals surface area contributed by atoms with Crippen molar-refractivity contribution < 1.29 is 9.18 Å². The molecule has 0 atom stereocenters. The van der Waals surface area contributed by atoms with Gasteiger partial charge in [-0.15, -0.1) is 0 Å². The molecule has 0 aliphatic heterocycles. The average Bonchev–Trinajstić information content (AvgIpc) is 2.56. The molecule has 2 N–H and O–H groups in total. The third-order valence-electron chi connectivity index (χ3n) is 4.24. The first-order chi connectivity index (χ1) is 10.7. The lowest BCUT2D eigenvalue weighted by molar-refractivity contribution is 0.112. The minimum atomic E-state index is -0.572. The highest BCUT2D eigenvalue weighted by Crippen LogP contribution is 2.33. The summed E-state index contributed by atoms with van der Waals surface area (Å²) in [7, 11) is 0. The first kappa shape index (κ1) is 14.6. The van der Waals surface area contributed by atoms with Crippen LogP contribution in [-0.4, -0.2) is 16.3 Å². The lowest BCUT2D eigenvalue weighted by Gasteiger charge is -2.21. The zero-order valence-corrected chi connectivity index (χ0v) is 12.3. The number of carbonyl (C=O) groups excluding carboxylic acids is 1. The molecule has 0 unspecified atom stereocenters. The summed E-state index contributed by atoms with van der Waals surface area (Å²) in [6, 6.07) is 4.37. The summed E-state index contributed by atoms with van der Waals surface area (Å²) in [6.07, 6.45) is 8.11. The number of nitrogens with zero attached hydrogens (tertiary/aromatic N) is 2. The number of hydrogen-bond acceptors (Lipinski definition) is 4. The molecule has 0 spiro atoms. The Bertz CT molecular complexity index is 696. The van der Waals surface area contributed by atoms with Gasteiger partial charge >= 0.3 is 0 Å². The third-order valence-corrected chi connectivity index (χ3v) is 4.24. The van der Waals surface area contributed by atoms with E-state index in [2.05, 4.69) is 9.97 Å². The molecule has 1 heterocycles. The van der Waals surface area contributed by atoms with E-state index < -0.39 is 5.82 Å². The first-order valence-corrected chi connectivity index (χ1v) is 7.56. The van der Waals surface area contributed by atoms with Crippen LogP contribution in [0.5, 0.6) is 0 Å². The Morgan fingerprint density at radius 3 is 2.68 bits per heavy atom. The average molecular weight is 299 g/mol. The van der Waals surface area contributed by atoms with Crippen LogP contribution in [0.3, 0.4) is 0 Å². The molecule has 22 heavy (non-hydrogen) atoms. The van der Waals surface area contributed by atoms with Gasteiger partial charge < -0.3 is 5.73 Å². The Morgan fingerprint density at radius 2 is 2.00 bits per heavy atom. The molecule has 1 fully saturated rings. The van der Waals surface area contributed by atoms with Crippen molar-refractivity contribution in [2.24, 2.45) is 0 Å². The lowest BCUT2D eigenvalue weighted by atomic mass is 9.87. The Kier molecular flexibility index (Phi) is 4.13. The predicted molar refractivity (Wildman–Crippen MR) is 83.1 cm³/mol. The zero-order chi connectivity index (χ0) is 15.5. The van der Waals surface area contributed by atoms with E-state index in [4.69, 9.17) is 5.73 Å². The first-order valence-electron chi connectivity index (χ1n) is 7.56. The van der Waals surface area contributed by atoms with Crippen molar-refractivity contribution >= 4 is 12.1 Å². The molecule has 3 rings (SSSR count). The van der Waals surface area contributed by atoms with Crippen molar-refractivity contribution in [3.63, 3.8) is 0 Å². The summed E-state index contributed by atoms with van der Waals surface area (Å²) >= 11 is 0. The van der Waals surface area contributed by atoms with Gasteiger partial charge in [-0.3, -0.25) is 4.79 Å². The Hall–Kier alpha value is -2.30. The summed E-state index contributed by atoms with van der Waals surface area (Å²) in [5, 5.41) is 0. The standard InChI is InChI=1S/C17H18FN3O/c18-14-8-12(6-7-13(14)10-22)16-17(19)20-9-15(21-16)11-4-2-1-3-5-11/h6-11H,1-5H2,(H2,19,20). The fourth-order valence-corrected chi connectivity index (χ4v) is 2.99. The molecule has 1 saturated carbocycles. The van der Waals surface area contributed by atoms with Crippen molar-refractivity contribution in [2.75, 3.05) is 5.73 Å². The van der Waals surface area contributed by atoms with Crippen LogP contribution < -0.4 is 5.73 Å². The molecule has 1 aromatic carbocycles. The van der Waals surface area contributed by atoms with E-state index in [1.54, 1.807) is 12.3 Å². The number of carbonyl (C=O) groups is 1. The molecule has 1 aliphatic rings. The van der Waals surface area contributed by atoms with Gasteiger partial charge in [0.25, 0.3) is 0 Å². The molecule has 0 saturated heterocycles. The van der Waals surface area contributed by atoms with Gasteiger partial charge in [0.05, 0.1) is 17.5 Å². The van der Waals surface area contributed by atoms with Crippen molar-refractivity contribution in [1.29, 1.82) is 0 Å². The quantitative estimate of drug-likeness (QED) is 0.877. The van der Waals surface area contributed by atoms with E-state index in [1.165, 1.54) is 31.4 Å². The van der Waals surface area contributed by atoms with Crippen LogP contribution in [0.2, 0.25) is 0 Å². The molecule has 114 valence electrons. The number of aromatic nitrogens is 2. The van der Waals surface area contributed by atoms with Crippen LogP contribution in [0.15, 0.2) is 24.4 Å². The van der Waals surface area contributed by atoms with Gasteiger partial charge in [0.2, 0.25) is 0 Å². The molecule has 0 amide bonds. The molecule has 5 heteroatoms. The van der Waals surface area contributed by atoms with E-state index in [0.29, 0.717) is 23.5 Å². The van der Waals surface area contributed by atoms with E-state index in [-0.39, 0.29) is 11.4 Å². The van der Waals surface area contributed by atoms with E-state index >= 15 is 0 Å². The lowest BCUT2D eigenvalue weighted by Crippen LogP contribution is -2.09. The molecule has 1 aromatic heterocycles. The van der Waals surface area contributed by atoms with Crippen LogP contribution in [0, 0.1) is 5.82 Å². The summed E-state index contributed by atoms with van der Waals surface area (Å²) in [5.41, 5.74) is 7.89. The zero-order valence-electron chi connectivity index (χ0n) is 12.3. The number of anilines is 1. The second-order valence-electron chi connectivity index (χ2n) is 5.72. The van der Waals surface area contributed by atoms with Gasteiger partial charge in [-0.2, -0.15) is 0 Å². The fourth-order valence-electron chi connectivity index (χ4n) is 2.99. The monoisotopic (exact) mass is 299 g/mol. The maximum absolute atomic E-state index is 13.8. The summed E-state index contributed by atoms with van der Waals surface area (Å²) in [5.74, 6) is 0.106. The number of nitrogen functional groups attached to an aromatic ring is 1.